The minimum absolute atomic E-state index is 0.161. The number of benzene rings is 2. The van der Waals surface area contributed by atoms with Gasteiger partial charge in [0.05, 0.1) is 19.8 Å². The molecule has 2 aromatic carbocycles. The van der Waals surface area contributed by atoms with E-state index in [2.05, 4.69) is 16.0 Å². The average molecular weight is 552 g/mol. The van der Waals surface area contributed by atoms with E-state index in [-0.39, 0.29) is 24.5 Å². The van der Waals surface area contributed by atoms with E-state index in [1.165, 1.54) is 0 Å². The second kappa shape index (κ2) is 13.1. The molecule has 3 N–H and O–H groups in total. The van der Waals surface area contributed by atoms with E-state index in [1.807, 2.05) is 30.3 Å². The van der Waals surface area contributed by atoms with Gasteiger partial charge in [-0.3, -0.25) is 19.2 Å². The number of nitrogens with one attached hydrogen (secondary N) is 3. The Bertz CT molecular complexity index is 1190. The Hall–Kier alpha value is -3.76. The summed E-state index contributed by atoms with van der Waals surface area (Å²) in [6, 6.07) is 13.8. The van der Waals surface area contributed by atoms with Crippen LogP contribution in [0.3, 0.4) is 0 Å². The van der Waals surface area contributed by atoms with Crippen LogP contribution >= 0.6 is 0 Å². The first-order chi connectivity index (χ1) is 19.2. The van der Waals surface area contributed by atoms with Gasteiger partial charge < -0.3 is 30.2 Å². The summed E-state index contributed by atoms with van der Waals surface area (Å²) < 4.78 is 16.0. The number of amides is 3. The summed E-state index contributed by atoms with van der Waals surface area (Å²) in [5, 5.41) is 8.31. The van der Waals surface area contributed by atoms with Gasteiger partial charge in [0.2, 0.25) is 17.7 Å². The Kier molecular flexibility index (Phi) is 9.54. The van der Waals surface area contributed by atoms with Gasteiger partial charge in [0.1, 0.15) is 29.5 Å². The van der Waals surface area contributed by atoms with Crippen LogP contribution < -0.4 is 20.7 Å². The quantitative estimate of drug-likeness (QED) is 0.321. The monoisotopic (exact) mass is 551 g/mol. The first kappa shape index (κ1) is 29.2. The van der Waals surface area contributed by atoms with Crippen molar-refractivity contribution in [3.8, 4) is 5.75 Å². The van der Waals surface area contributed by atoms with Crippen LogP contribution in [-0.2, 0) is 41.5 Å². The van der Waals surface area contributed by atoms with E-state index >= 15 is 0 Å². The molecular weight excluding hydrogens is 514 g/mol. The van der Waals surface area contributed by atoms with Gasteiger partial charge in [0, 0.05) is 13.0 Å². The van der Waals surface area contributed by atoms with Crippen molar-refractivity contribution < 1.29 is 33.4 Å². The predicted molar refractivity (Wildman–Crippen MR) is 147 cm³/mol. The van der Waals surface area contributed by atoms with Gasteiger partial charge in [-0.1, -0.05) is 42.5 Å². The largest absolute Gasteiger partial charge is 0.497 e. The Morgan fingerprint density at radius 2 is 1.55 bits per heavy atom. The van der Waals surface area contributed by atoms with Gasteiger partial charge in [0.25, 0.3) is 0 Å². The van der Waals surface area contributed by atoms with Crippen molar-refractivity contribution >= 4 is 23.5 Å². The number of ketones is 1. The third-order valence-electron chi connectivity index (χ3n) is 7.22. The standard InChI is InChI=1S/C30H37N3O7/c1-19(31-29(37)25-10-7-15-39-25)27(35)33-24(17-21-11-13-22(38-3)14-12-21)28(36)32-23(26(34)30(2)18-40-30)16-20-8-5-4-6-9-20/h4-6,8-9,11-14,19,23-25H,7,10,15-18H2,1-3H3,(H,31,37)(H,32,36)(H,33,35)/t19-,23-,24-,25+,30+/m0/s1. The smallest absolute Gasteiger partial charge is 0.249 e. The molecule has 0 aliphatic carbocycles. The van der Waals surface area contributed by atoms with Crippen LogP contribution in [0.1, 0.15) is 37.8 Å². The van der Waals surface area contributed by atoms with E-state index < -0.39 is 41.6 Å². The van der Waals surface area contributed by atoms with Crippen LogP contribution in [0.5, 0.6) is 5.75 Å². The zero-order valence-corrected chi connectivity index (χ0v) is 23.1. The SMILES string of the molecule is COc1ccc(C[C@H](NC(=O)[C@H](C)NC(=O)[C@H]2CCCO2)C(=O)N[C@@H](Cc2ccccc2)C(=O)[C@@]2(C)CO2)cc1. The van der Waals surface area contributed by atoms with Crippen molar-refractivity contribution in [3.05, 3.63) is 65.7 Å². The highest BCUT2D eigenvalue weighted by molar-refractivity contribution is 5.98. The summed E-state index contributed by atoms with van der Waals surface area (Å²) in [6.07, 6.45) is 1.25. The van der Waals surface area contributed by atoms with E-state index in [0.717, 1.165) is 17.5 Å². The first-order valence-corrected chi connectivity index (χ1v) is 13.6. The Balaban J connectivity index is 1.50. The van der Waals surface area contributed by atoms with Crippen LogP contribution in [0.4, 0.5) is 0 Å². The van der Waals surface area contributed by atoms with Gasteiger partial charge in [-0.05, 0) is 56.4 Å². The molecule has 2 fully saturated rings. The maximum atomic E-state index is 13.7. The van der Waals surface area contributed by atoms with Crippen molar-refractivity contribution in [2.45, 2.75) is 69.4 Å². The molecule has 2 saturated heterocycles. The zero-order valence-electron chi connectivity index (χ0n) is 23.1. The van der Waals surface area contributed by atoms with Gasteiger partial charge in [-0.2, -0.15) is 0 Å². The highest BCUT2D eigenvalue weighted by atomic mass is 16.6. The molecule has 214 valence electrons. The van der Waals surface area contributed by atoms with Crippen molar-refractivity contribution in [1.82, 2.24) is 16.0 Å². The van der Waals surface area contributed by atoms with E-state index in [4.69, 9.17) is 14.2 Å². The molecule has 0 bridgehead atoms. The van der Waals surface area contributed by atoms with Crippen molar-refractivity contribution in [3.63, 3.8) is 0 Å². The third kappa shape index (κ3) is 7.67. The number of carbonyl (C=O) groups excluding carboxylic acids is 4. The lowest BCUT2D eigenvalue weighted by Gasteiger charge is -2.25. The number of hydrogen-bond donors (Lipinski definition) is 3. The molecule has 2 heterocycles. The second-order valence-electron chi connectivity index (χ2n) is 10.5. The minimum atomic E-state index is -1.01. The number of methoxy groups -OCH3 is 1. The fourth-order valence-corrected chi connectivity index (χ4v) is 4.61. The molecule has 2 aromatic rings. The number of epoxide rings is 1. The number of carbonyl (C=O) groups is 4. The molecule has 10 heteroatoms. The number of ether oxygens (including phenoxy) is 3. The summed E-state index contributed by atoms with van der Waals surface area (Å²) in [5.41, 5.74) is 0.718. The van der Waals surface area contributed by atoms with Crippen molar-refractivity contribution in [2.24, 2.45) is 0 Å². The van der Waals surface area contributed by atoms with Gasteiger partial charge in [-0.15, -0.1) is 0 Å². The Morgan fingerprint density at radius 3 is 2.15 bits per heavy atom. The molecule has 2 aliphatic heterocycles. The first-order valence-electron chi connectivity index (χ1n) is 13.6. The second-order valence-corrected chi connectivity index (χ2v) is 10.5. The van der Waals surface area contributed by atoms with E-state index in [0.29, 0.717) is 25.4 Å². The maximum Gasteiger partial charge on any atom is 0.249 e. The Labute approximate surface area is 234 Å². The predicted octanol–water partition coefficient (Wildman–Crippen LogP) is 1.49. The molecule has 10 nitrogen and oxygen atoms in total. The van der Waals surface area contributed by atoms with Crippen LogP contribution in [-0.4, -0.2) is 73.7 Å². The molecule has 4 rings (SSSR count). The van der Waals surface area contributed by atoms with Crippen LogP contribution in [0.25, 0.3) is 0 Å². The minimum Gasteiger partial charge on any atom is -0.497 e. The fraction of sp³-hybridized carbons (Fsp3) is 0.467. The lowest BCUT2D eigenvalue weighted by atomic mass is 9.94. The average Bonchev–Trinajstić information content (AvgIpc) is 3.47. The Morgan fingerprint density at radius 1 is 0.925 bits per heavy atom. The van der Waals surface area contributed by atoms with Crippen molar-refractivity contribution in [1.29, 1.82) is 0 Å². The summed E-state index contributed by atoms with van der Waals surface area (Å²) in [7, 11) is 1.56. The molecule has 3 amide bonds. The maximum absolute atomic E-state index is 13.7. The third-order valence-corrected chi connectivity index (χ3v) is 7.22. The van der Waals surface area contributed by atoms with E-state index in [1.54, 1.807) is 45.2 Å². The van der Waals surface area contributed by atoms with Crippen LogP contribution in [0.15, 0.2) is 54.6 Å². The number of Topliss-reactive ketones (excluding diaryl/α,β-unsaturated/α-hetero) is 1. The van der Waals surface area contributed by atoms with Gasteiger partial charge in [-0.25, -0.2) is 0 Å². The molecule has 0 saturated carbocycles. The molecular formula is C30H37N3O7. The zero-order chi connectivity index (χ0) is 28.7. The molecule has 0 spiro atoms. The van der Waals surface area contributed by atoms with Gasteiger partial charge >= 0.3 is 0 Å². The number of hydrogen-bond acceptors (Lipinski definition) is 7. The highest BCUT2D eigenvalue weighted by Crippen LogP contribution is 2.29. The summed E-state index contributed by atoms with van der Waals surface area (Å²) in [5.74, 6) is -0.965. The molecule has 40 heavy (non-hydrogen) atoms. The summed E-state index contributed by atoms with van der Waals surface area (Å²) in [6.45, 7) is 4.06. The topological polar surface area (TPSA) is 135 Å². The fourth-order valence-electron chi connectivity index (χ4n) is 4.61. The highest BCUT2D eigenvalue weighted by Gasteiger charge is 2.50. The molecule has 0 unspecified atom stereocenters. The van der Waals surface area contributed by atoms with Crippen LogP contribution in [0, 0.1) is 0 Å². The lowest BCUT2D eigenvalue weighted by molar-refractivity contribution is -0.136. The number of rotatable bonds is 13. The van der Waals surface area contributed by atoms with Crippen LogP contribution in [0.2, 0.25) is 0 Å². The molecule has 5 atom stereocenters. The molecule has 2 aliphatic rings. The van der Waals surface area contributed by atoms with Gasteiger partial charge in [0.15, 0.2) is 5.78 Å². The van der Waals surface area contributed by atoms with E-state index in [9.17, 15) is 19.2 Å². The normalized spacial score (nSPS) is 21.9. The summed E-state index contributed by atoms with van der Waals surface area (Å²) in [4.78, 5) is 52.6. The lowest BCUT2D eigenvalue weighted by Crippen LogP contribution is -2.57. The molecule has 0 radical (unpaired) electrons. The molecule has 0 aromatic heterocycles. The van der Waals surface area contributed by atoms with Crippen molar-refractivity contribution in [2.75, 3.05) is 20.3 Å². The summed E-state index contributed by atoms with van der Waals surface area (Å²) >= 11 is 0.